The highest BCUT2D eigenvalue weighted by Crippen LogP contribution is 2.46. The van der Waals surface area contributed by atoms with Gasteiger partial charge >= 0.3 is 0 Å². The molecule has 0 N–H and O–H groups in total. The van der Waals surface area contributed by atoms with Gasteiger partial charge in [-0.15, -0.1) is 0 Å². The number of hydrogen-bond donors (Lipinski definition) is 0. The van der Waals surface area contributed by atoms with Gasteiger partial charge in [0.2, 0.25) is 16.8 Å². The molecule has 142 valence electrons. The van der Waals surface area contributed by atoms with E-state index in [4.69, 9.17) is 9.47 Å². The molecule has 1 unspecified atom stereocenters. The smallest absolute Gasteiger partial charge is 0.232 e. The molecular formula is C19H21N3O4S. The molecule has 7 nitrogen and oxygen atoms in total. The number of pyridine rings is 1. The number of aromatic nitrogens is 1. The molecule has 1 atom stereocenters. The molecule has 2 aromatic rings. The molecule has 0 aliphatic carbocycles. The van der Waals surface area contributed by atoms with Gasteiger partial charge in [0.25, 0.3) is 0 Å². The van der Waals surface area contributed by atoms with Crippen LogP contribution >= 0.6 is 0 Å². The lowest BCUT2D eigenvalue weighted by molar-refractivity contribution is 0.174. The van der Waals surface area contributed by atoms with E-state index in [-0.39, 0.29) is 12.2 Å². The van der Waals surface area contributed by atoms with Crippen LogP contribution in [0, 0.1) is 0 Å². The van der Waals surface area contributed by atoms with E-state index in [1.807, 2.05) is 18.2 Å². The first kappa shape index (κ1) is 16.8. The predicted molar refractivity (Wildman–Crippen MR) is 101 cm³/mol. The van der Waals surface area contributed by atoms with E-state index in [9.17, 15) is 8.42 Å². The van der Waals surface area contributed by atoms with Crippen LogP contribution in [0.15, 0.2) is 36.5 Å². The number of rotatable bonds is 3. The van der Waals surface area contributed by atoms with Gasteiger partial charge in [-0.1, -0.05) is 6.07 Å². The zero-order chi connectivity index (χ0) is 18.6. The van der Waals surface area contributed by atoms with Crippen molar-refractivity contribution in [3.8, 4) is 11.5 Å². The van der Waals surface area contributed by atoms with Crippen LogP contribution < -0.4 is 13.8 Å². The number of sulfonamides is 1. The fourth-order valence-electron chi connectivity index (χ4n) is 4.45. The quantitative estimate of drug-likeness (QED) is 0.799. The van der Waals surface area contributed by atoms with Crippen molar-refractivity contribution in [2.24, 2.45) is 0 Å². The molecule has 0 radical (unpaired) electrons. The molecule has 0 amide bonds. The molecule has 3 aliphatic heterocycles. The Labute approximate surface area is 158 Å². The van der Waals surface area contributed by atoms with Crippen LogP contribution in [0.3, 0.4) is 0 Å². The Morgan fingerprint density at radius 1 is 1.19 bits per heavy atom. The summed E-state index contributed by atoms with van der Waals surface area (Å²) in [7, 11) is -3.32. The summed E-state index contributed by atoms with van der Waals surface area (Å²) < 4.78 is 36.9. The molecule has 5 rings (SSSR count). The first-order chi connectivity index (χ1) is 12.9. The van der Waals surface area contributed by atoms with Gasteiger partial charge in [-0.05, 0) is 42.8 Å². The van der Waals surface area contributed by atoms with Crippen molar-refractivity contribution in [2.75, 3.05) is 37.0 Å². The highest BCUT2D eigenvalue weighted by atomic mass is 32.2. The van der Waals surface area contributed by atoms with Crippen LogP contribution in [0.25, 0.3) is 0 Å². The molecule has 0 saturated carbocycles. The molecule has 1 saturated heterocycles. The van der Waals surface area contributed by atoms with Gasteiger partial charge < -0.3 is 9.47 Å². The van der Waals surface area contributed by atoms with Crippen LogP contribution in [0.5, 0.6) is 11.5 Å². The SMILES string of the molecule is CS(=O)(=O)N1CC2(CCN(Cc3ccc4c(c3)OCO4)C2)c2ncccc21. The van der Waals surface area contributed by atoms with E-state index in [0.29, 0.717) is 6.54 Å². The number of nitrogens with zero attached hydrogens (tertiary/aromatic N) is 3. The second kappa shape index (κ2) is 5.84. The number of anilines is 1. The Morgan fingerprint density at radius 2 is 2.04 bits per heavy atom. The van der Waals surface area contributed by atoms with E-state index in [1.165, 1.54) is 10.6 Å². The molecule has 1 fully saturated rings. The molecule has 8 heteroatoms. The van der Waals surface area contributed by atoms with Gasteiger partial charge in [0.05, 0.1) is 17.6 Å². The molecule has 1 aromatic carbocycles. The standard InChI is InChI=1S/C19H21N3O4S/c1-27(23,24)22-12-19(18-15(22)3-2-7-20-18)6-8-21(11-19)10-14-4-5-16-17(9-14)26-13-25-16/h2-5,7,9H,6,8,10-13H2,1H3. The van der Waals surface area contributed by atoms with E-state index in [1.54, 1.807) is 12.3 Å². The lowest BCUT2D eigenvalue weighted by Gasteiger charge is -2.25. The summed E-state index contributed by atoms with van der Waals surface area (Å²) >= 11 is 0. The van der Waals surface area contributed by atoms with Gasteiger partial charge in [-0.3, -0.25) is 14.2 Å². The van der Waals surface area contributed by atoms with Gasteiger partial charge in [0.15, 0.2) is 11.5 Å². The molecule has 3 aliphatic rings. The normalized spacial score (nSPS) is 24.0. The Balaban J connectivity index is 1.40. The van der Waals surface area contributed by atoms with Gasteiger partial charge in [-0.25, -0.2) is 8.42 Å². The number of ether oxygens (including phenoxy) is 2. The Morgan fingerprint density at radius 3 is 2.89 bits per heavy atom. The molecule has 4 heterocycles. The number of hydrogen-bond acceptors (Lipinski definition) is 6. The monoisotopic (exact) mass is 387 g/mol. The Bertz CT molecular complexity index is 1010. The minimum absolute atomic E-state index is 0.240. The highest BCUT2D eigenvalue weighted by Gasteiger charge is 2.50. The van der Waals surface area contributed by atoms with Crippen molar-refractivity contribution in [3.05, 3.63) is 47.8 Å². The van der Waals surface area contributed by atoms with E-state index in [2.05, 4.69) is 16.0 Å². The second-order valence-corrected chi connectivity index (χ2v) is 9.48. The number of likely N-dealkylation sites (tertiary alicyclic amines) is 1. The van der Waals surface area contributed by atoms with E-state index >= 15 is 0 Å². The first-order valence-electron chi connectivity index (χ1n) is 8.99. The van der Waals surface area contributed by atoms with Crippen molar-refractivity contribution >= 4 is 15.7 Å². The Kier molecular flexibility index (Phi) is 3.64. The third-order valence-electron chi connectivity index (χ3n) is 5.68. The third-order valence-corrected chi connectivity index (χ3v) is 6.81. The van der Waals surface area contributed by atoms with E-state index < -0.39 is 10.0 Å². The van der Waals surface area contributed by atoms with Crippen molar-refractivity contribution in [3.63, 3.8) is 0 Å². The van der Waals surface area contributed by atoms with Crippen LogP contribution in [0.4, 0.5) is 5.69 Å². The second-order valence-electron chi connectivity index (χ2n) is 7.57. The van der Waals surface area contributed by atoms with Gasteiger partial charge in [-0.2, -0.15) is 0 Å². The summed E-state index contributed by atoms with van der Waals surface area (Å²) in [6, 6.07) is 9.69. The summed E-state index contributed by atoms with van der Waals surface area (Å²) in [5.74, 6) is 1.58. The summed E-state index contributed by atoms with van der Waals surface area (Å²) in [6.07, 6.45) is 3.92. The zero-order valence-electron chi connectivity index (χ0n) is 15.1. The third kappa shape index (κ3) is 2.74. The maximum atomic E-state index is 12.3. The van der Waals surface area contributed by atoms with Crippen molar-refractivity contribution in [2.45, 2.75) is 18.4 Å². The first-order valence-corrected chi connectivity index (χ1v) is 10.8. The van der Waals surface area contributed by atoms with Crippen LogP contribution in [0.2, 0.25) is 0 Å². The number of benzene rings is 1. The van der Waals surface area contributed by atoms with Gasteiger partial charge in [0, 0.05) is 31.2 Å². The maximum absolute atomic E-state index is 12.3. The largest absolute Gasteiger partial charge is 0.454 e. The minimum atomic E-state index is -3.32. The summed E-state index contributed by atoms with van der Waals surface area (Å²) in [4.78, 5) is 6.94. The Hall–Kier alpha value is -2.32. The summed E-state index contributed by atoms with van der Waals surface area (Å²) in [5.41, 5.74) is 2.56. The summed E-state index contributed by atoms with van der Waals surface area (Å²) in [5, 5.41) is 0. The van der Waals surface area contributed by atoms with Crippen LogP contribution in [-0.4, -0.2) is 51.0 Å². The van der Waals surface area contributed by atoms with Crippen molar-refractivity contribution in [1.82, 2.24) is 9.88 Å². The topological polar surface area (TPSA) is 72.0 Å². The maximum Gasteiger partial charge on any atom is 0.232 e. The van der Waals surface area contributed by atoms with Crippen molar-refractivity contribution in [1.29, 1.82) is 0 Å². The molecule has 1 spiro atoms. The minimum Gasteiger partial charge on any atom is -0.454 e. The van der Waals surface area contributed by atoms with Crippen LogP contribution in [0.1, 0.15) is 17.7 Å². The fraction of sp³-hybridized carbons (Fsp3) is 0.421. The lowest BCUT2D eigenvalue weighted by atomic mass is 9.85. The van der Waals surface area contributed by atoms with Crippen molar-refractivity contribution < 1.29 is 17.9 Å². The molecule has 1 aromatic heterocycles. The van der Waals surface area contributed by atoms with Crippen LogP contribution in [-0.2, 0) is 22.0 Å². The molecule has 27 heavy (non-hydrogen) atoms. The lowest BCUT2D eigenvalue weighted by Crippen LogP contribution is -2.38. The van der Waals surface area contributed by atoms with Gasteiger partial charge in [0.1, 0.15) is 0 Å². The molecule has 0 bridgehead atoms. The zero-order valence-corrected chi connectivity index (χ0v) is 15.9. The molecular weight excluding hydrogens is 366 g/mol. The predicted octanol–water partition coefficient (Wildman–Crippen LogP) is 1.73. The van der Waals surface area contributed by atoms with E-state index in [0.717, 1.165) is 54.5 Å². The highest BCUT2D eigenvalue weighted by molar-refractivity contribution is 7.92. The fourth-order valence-corrected chi connectivity index (χ4v) is 5.44. The summed E-state index contributed by atoms with van der Waals surface area (Å²) in [6.45, 7) is 3.23. The average Bonchev–Trinajstić information content (AvgIpc) is 3.33. The number of fused-ring (bicyclic) bond motifs is 3. The average molecular weight is 387 g/mol.